The molecule has 1 atom stereocenters. The van der Waals surface area contributed by atoms with Gasteiger partial charge in [0.15, 0.2) is 6.10 Å². The Kier molecular flexibility index (Phi) is 8.12. The van der Waals surface area contributed by atoms with E-state index in [1.807, 2.05) is 0 Å². The molecular formula is C20H33N3O4S. The van der Waals surface area contributed by atoms with Crippen LogP contribution in [0.25, 0.3) is 0 Å². The second-order valence-corrected chi connectivity index (χ2v) is 9.67. The Morgan fingerprint density at radius 2 is 1.89 bits per heavy atom. The maximum absolute atomic E-state index is 12.2. The number of hydrogen-bond acceptors (Lipinski definition) is 5. The van der Waals surface area contributed by atoms with Gasteiger partial charge in [-0.3, -0.25) is 9.10 Å². The first-order valence-corrected chi connectivity index (χ1v) is 11.7. The summed E-state index contributed by atoms with van der Waals surface area (Å²) in [5.74, 6) is 1.20. The van der Waals surface area contributed by atoms with Crippen molar-refractivity contribution in [2.24, 2.45) is 5.92 Å². The number of nitrogens with zero attached hydrogens (tertiary/aromatic N) is 2. The van der Waals surface area contributed by atoms with Gasteiger partial charge < -0.3 is 15.0 Å². The number of amides is 1. The second kappa shape index (κ2) is 10.1. The highest BCUT2D eigenvalue weighted by Crippen LogP contribution is 2.21. The van der Waals surface area contributed by atoms with E-state index in [1.165, 1.54) is 24.2 Å². The van der Waals surface area contributed by atoms with Crippen molar-refractivity contribution in [2.75, 3.05) is 43.8 Å². The van der Waals surface area contributed by atoms with E-state index in [4.69, 9.17) is 4.74 Å². The molecule has 158 valence electrons. The van der Waals surface area contributed by atoms with Crippen molar-refractivity contribution in [1.29, 1.82) is 0 Å². The summed E-state index contributed by atoms with van der Waals surface area (Å²) in [6.07, 6.45) is 3.98. The van der Waals surface area contributed by atoms with Crippen molar-refractivity contribution in [3.05, 3.63) is 24.3 Å². The lowest BCUT2D eigenvalue weighted by atomic mass is 9.99. The van der Waals surface area contributed by atoms with Crippen LogP contribution in [0.3, 0.4) is 0 Å². The Hall–Kier alpha value is -1.80. The Labute approximate surface area is 169 Å². The predicted octanol–water partition coefficient (Wildman–Crippen LogP) is 2.09. The van der Waals surface area contributed by atoms with Gasteiger partial charge in [-0.1, -0.05) is 6.92 Å². The summed E-state index contributed by atoms with van der Waals surface area (Å²) in [7, 11) is -1.81. The van der Waals surface area contributed by atoms with Crippen LogP contribution in [0.2, 0.25) is 0 Å². The molecule has 1 saturated heterocycles. The molecule has 8 heteroatoms. The quantitative estimate of drug-likeness (QED) is 0.630. The molecule has 0 radical (unpaired) electrons. The SMILES string of the molecule is CC1CCN(CCCNC(=O)C(C)Oc2ccc(N(C)S(C)(=O)=O)cc2)CC1. The lowest BCUT2D eigenvalue weighted by Gasteiger charge is -2.30. The highest BCUT2D eigenvalue weighted by Gasteiger charge is 2.17. The standard InChI is InChI=1S/C20H33N3O4S/c1-16-10-14-23(15-11-16)13-5-12-21-20(24)17(2)27-19-8-6-18(7-9-19)22(3)28(4,25)26/h6-9,16-17H,5,10-15H2,1-4H3,(H,21,24). The number of anilines is 1. The van der Waals surface area contributed by atoms with Crippen LogP contribution >= 0.6 is 0 Å². The fraction of sp³-hybridized carbons (Fsp3) is 0.650. The van der Waals surface area contributed by atoms with Gasteiger partial charge in [0, 0.05) is 13.6 Å². The highest BCUT2D eigenvalue weighted by molar-refractivity contribution is 7.92. The minimum Gasteiger partial charge on any atom is -0.481 e. The van der Waals surface area contributed by atoms with Crippen molar-refractivity contribution in [3.63, 3.8) is 0 Å². The van der Waals surface area contributed by atoms with Crippen molar-refractivity contribution in [3.8, 4) is 5.75 Å². The monoisotopic (exact) mass is 411 g/mol. The second-order valence-electron chi connectivity index (χ2n) is 7.65. The number of nitrogens with one attached hydrogen (secondary N) is 1. The van der Waals surface area contributed by atoms with Crippen LogP contribution < -0.4 is 14.4 Å². The van der Waals surface area contributed by atoms with Crippen LogP contribution in [0.5, 0.6) is 5.75 Å². The number of carbonyl (C=O) groups is 1. The molecule has 7 nitrogen and oxygen atoms in total. The molecule has 1 aliphatic rings. The van der Waals surface area contributed by atoms with Crippen molar-refractivity contribution < 1.29 is 17.9 Å². The lowest BCUT2D eigenvalue weighted by Crippen LogP contribution is -2.39. The summed E-state index contributed by atoms with van der Waals surface area (Å²) in [6.45, 7) is 7.96. The molecule has 1 aromatic carbocycles. The molecule has 1 unspecified atom stereocenters. The van der Waals surface area contributed by atoms with Crippen LogP contribution in [-0.2, 0) is 14.8 Å². The summed E-state index contributed by atoms with van der Waals surface area (Å²) in [5.41, 5.74) is 0.541. The molecule has 1 amide bonds. The Morgan fingerprint density at radius 1 is 1.29 bits per heavy atom. The van der Waals surface area contributed by atoms with Crippen LogP contribution in [0.15, 0.2) is 24.3 Å². The number of rotatable bonds is 9. The molecule has 1 N–H and O–H groups in total. The molecule has 0 bridgehead atoms. The van der Waals surface area contributed by atoms with Gasteiger partial charge in [-0.05, 0) is 76.0 Å². The number of benzene rings is 1. The Balaban J connectivity index is 1.71. The summed E-state index contributed by atoms with van der Waals surface area (Å²) in [4.78, 5) is 14.7. The maximum atomic E-state index is 12.2. The first-order chi connectivity index (χ1) is 13.2. The summed E-state index contributed by atoms with van der Waals surface area (Å²) >= 11 is 0. The number of likely N-dealkylation sites (tertiary alicyclic amines) is 1. The van der Waals surface area contributed by atoms with Crippen molar-refractivity contribution >= 4 is 21.6 Å². The molecule has 0 aromatic heterocycles. The number of hydrogen-bond donors (Lipinski definition) is 1. The van der Waals surface area contributed by atoms with Crippen molar-refractivity contribution in [2.45, 2.75) is 39.2 Å². The van der Waals surface area contributed by atoms with Gasteiger partial charge in [0.2, 0.25) is 10.0 Å². The van der Waals surface area contributed by atoms with Crippen LogP contribution in [0.4, 0.5) is 5.69 Å². The summed E-state index contributed by atoms with van der Waals surface area (Å²) in [6, 6.07) is 6.64. The number of sulfonamides is 1. The number of carbonyl (C=O) groups excluding carboxylic acids is 1. The van der Waals surface area contributed by atoms with E-state index >= 15 is 0 Å². The van der Waals surface area contributed by atoms with E-state index in [0.29, 0.717) is 18.0 Å². The van der Waals surface area contributed by atoms with E-state index in [9.17, 15) is 13.2 Å². The van der Waals surface area contributed by atoms with E-state index < -0.39 is 16.1 Å². The van der Waals surface area contributed by atoms with Crippen molar-refractivity contribution in [1.82, 2.24) is 10.2 Å². The van der Waals surface area contributed by atoms with E-state index in [0.717, 1.165) is 38.2 Å². The molecule has 1 heterocycles. The maximum Gasteiger partial charge on any atom is 0.260 e. The fourth-order valence-corrected chi connectivity index (χ4v) is 3.63. The van der Waals surface area contributed by atoms with Crippen LogP contribution in [-0.4, -0.2) is 64.8 Å². The third-order valence-electron chi connectivity index (χ3n) is 5.21. The Morgan fingerprint density at radius 3 is 2.46 bits per heavy atom. The van der Waals surface area contributed by atoms with Gasteiger partial charge in [-0.2, -0.15) is 0 Å². The van der Waals surface area contributed by atoms with Gasteiger partial charge in [0.25, 0.3) is 5.91 Å². The average Bonchev–Trinajstić information content (AvgIpc) is 2.65. The number of ether oxygens (including phenoxy) is 1. The zero-order valence-electron chi connectivity index (χ0n) is 17.3. The molecule has 0 spiro atoms. The molecule has 1 fully saturated rings. The minimum atomic E-state index is -3.30. The zero-order valence-corrected chi connectivity index (χ0v) is 18.2. The molecule has 28 heavy (non-hydrogen) atoms. The highest BCUT2D eigenvalue weighted by atomic mass is 32.2. The van der Waals surface area contributed by atoms with Gasteiger partial charge in [-0.15, -0.1) is 0 Å². The van der Waals surface area contributed by atoms with Crippen LogP contribution in [0, 0.1) is 5.92 Å². The summed E-state index contributed by atoms with van der Waals surface area (Å²) in [5, 5.41) is 2.92. The number of piperidine rings is 1. The average molecular weight is 412 g/mol. The van der Waals surface area contributed by atoms with E-state index in [1.54, 1.807) is 31.2 Å². The molecule has 0 saturated carbocycles. The largest absolute Gasteiger partial charge is 0.481 e. The summed E-state index contributed by atoms with van der Waals surface area (Å²) < 4.78 is 30.0. The van der Waals surface area contributed by atoms with Crippen LogP contribution in [0.1, 0.15) is 33.1 Å². The minimum absolute atomic E-state index is 0.149. The fourth-order valence-electron chi connectivity index (χ4n) is 3.13. The normalized spacial score (nSPS) is 17.1. The van der Waals surface area contributed by atoms with Gasteiger partial charge in [-0.25, -0.2) is 8.42 Å². The predicted molar refractivity (Wildman–Crippen MR) is 112 cm³/mol. The first kappa shape index (κ1) is 22.5. The molecule has 0 aliphatic carbocycles. The molecule has 2 rings (SSSR count). The van der Waals surface area contributed by atoms with E-state index in [-0.39, 0.29) is 5.91 Å². The lowest BCUT2D eigenvalue weighted by molar-refractivity contribution is -0.127. The van der Waals surface area contributed by atoms with Gasteiger partial charge >= 0.3 is 0 Å². The van der Waals surface area contributed by atoms with Gasteiger partial charge in [0.05, 0.1) is 11.9 Å². The molecular weight excluding hydrogens is 378 g/mol. The zero-order chi connectivity index (χ0) is 20.7. The molecule has 1 aromatic rings. The third-order valence-corrected chi connectivity index (χ3v) is 6.41. The third kappa shape index (κ3) is 6.98. The Bertz CT molecular complexity index is 728. The van der Waals surface area contributed by atoms with Gasteiger partial charge in [0.1, 0.15) is 5.75 Å². The van der Waals surface area contributed by atoms with E-state index in [2.05, 4.69) is 17.1 Å². The topological polar surface area (TPSA) is 79.0 Å². The first-order valence-electron chi connectivity index (χ1n) is 9.87. The molecule has 1 aliphatic heterocycles. The smallest absolute Gasteiger partial charge is 0.260 e.